The maximum atomic E-state index is 12.3. The Balaban J connectivity index is 3.26. The predicted molar refractivity (Wildman–Crippen MR) is 76.2 cm³/mol. The van der Waals surface area contributed by atoms with E-state index in [0.29, 0.717) is 0 Å². The van der Waals surface area contributed by atoms with Crippen molar-refractivity contribution in [1.29, 1.82) is 0 Å². The molecule has 0 bridgehead atoms. The number of rotatable bonds is 7. The zero-order valence-corrected chi connectivity index (χ0v) is 11.8. The van der Waals surface area contributed by atoms with E-state index in [1.54, 1.807) is 26.0 Å². The smallest absolute Gasteiger partial charge is 0.324 e. The lowest BCUT2D eigenvalue weighted by Crippen LogP contribution is -2.47. The van der Waals surface area contributed by atoms with Crippen molar-refractivity contribution in [2.24, 2.45) is 11.3 Å². The van der Waals surface area contributed by atoms with Gasteiger partial charge in [0, 0.05) is 5.92 Å². The second kappa shape index (κ2) is 6.89. The number of carboxylic acids is 1. The van der Waals surface area contributed by atoms with Gasteiger partial charge in [-0.15, -0.1) is 6.58 Å². The second-order valence-corrected chi connectivity index (χ2v) is 4.68. The summed E-state index contributed by atoms with van der Waals surface area (Å²) in [5.74, 6) is -2.45. The third kappa shape index (κ3) is 3.07. The first-order valence-corrected chi connectivity index (χ1v) is 6.56. The molecule has 4 heteroatoms. The topological polar surface area (TPSA) is 63.6 Å². The minimum Gasteiger partial charge on any atom is -0.480 e. The summed E-state index contributed by atoms with van der Waals surface area (Å²) in [5.41, 5.74) is -0.865. The highest BCUT2D eigenvalue weighted by Crippen LogP contribution is 2.35. The molecule has 2 atom stereocenters. The van der Waals surface area contributed by atoms with Gasteiger partial charge in [0.25, 0.3) is 0 Å². The van der Waals surface area contributed by atoms with Crippen molar-refractivity contribution in [1.82, 2.24) is 0 Å². The van der Waals surface area contributed by atoms with E-state index < -0.39 is 23.3 Å². The molecule has 1 aromatic rings. The van der Waals surface area contributed by atoms with Gasteiger partial charge in [-0.3, -0.25) is 9.59 Å². The average Bonchev–Trinajstić information content (AvgIpc) is 2.44. The number of carbonyl (C=O) groups is 2. The molecule has 0 aliphatic rings. The number of carboxylic acid groups (broad SMARTS) is 1. The van der Waals surface area contributed by atoms with Gasteiger partial charge in [0.05, 0.1) is 6.61 Å². The first-order chi connectivity index (χ1) is 9.48. The fraction of sp³-hybridized carbons (Fsp3) is 0.375. The van der Waals surface area contributed by atoms with E-state index in [4.69, 9.17) is 4.74 Å². The molecule has 0 fully saturated rings. The van der Waals surface area contributed by atoms with Crippen LogP contribution in [0.2, 0.25) is 0 Å². The number of allylic oxidation sites excluding steroid dienone is 1. The minimum absolute atomic E-state index is 0.0786. The van der Waals surface area contributed by atoms with Gasteiger partial charge in [0.1, 0.15) is 0 Å². The van der Waals surface area contributed by atoms with Crippen LogP contribution in [0, 0.1) is 11.3 Å². The molecular weight excluding hydrogens is 256 g/mol. The van der Waals surface area contributed by atoms with Crippen molar-refractivity contribution in [3.8, 4) is 0 Å². The van der Waals surface area contributed by atoms with Crippen LogP contribution in [0.5, 0.6) is 0 Å². The van der Waals surface area contributed by atoms with Crippen LogP contribution in [0.1, 0.15) is 19.4 Å². The number of hydrogen-bond donors (Lipinski definition) is 1. The molecule has 20 heavy (non-hydrogen) atoms. The fourth-order valence-corrected chi connectivity index (χ4v) is 2.16. The van der Waals surface area contributed by atoms with E-state index in [0.717, 1.165) is 5.56 Å². The molecule has 0 spiro atoms. The third-order valence-corrected chi connectivity index (χ3v) is 3.48. The van der Waals surface area contributed by atoms with Crippen LogP contribution >= 0.6 is 0 Å². The molecule has 4 nitrogen and oxygen atoms in total. The molecule has 0 saturated carbocycles. The first kappa shape index (κ1) is 16.0. The van der Waals surface area contributed by atoms with Gasteiger partial charge in [-0.25, -0.2) is 0 Å². The van der Waals surface area contributed by atoms with Gasteiger partial charge in [0.15, 0.2) is 5.41 Å². The number of carbonyl (C=O) groups excluding carboxylic acids is 1. The van der Waals surface area contributed by atoms with Gasteiger partial charge >= 0.3 is 11.9 Å². The van der Waals surface area contributed by atoms with Crippen molar-refractivity contribution >= 4 is 11.9 Å². The number of ether oxygens (including phenoxy) is 1. The molecule has 0 saturated heterocycles. The van der Waals surface area contributed by atoms with E-state index in [9.17, 15) is 14.7 Å². The van der Waals surface area contributed by atoms with E-state index in [-0.39, 0.29) is 13.0 Å². The fourth-order valence-electron chi connectivity index (χ4n) is 2.16. The molecule has 108 valence electrons. The van der Waals surface area contributed by atoms with Gasteiger partial charge in [-0.2, -0.15) is 0 Å². The van der Waals surface area contributed by atoms with Gasteiger partial charge < -0.3 is 9.84 Å². The molecule has 0 aliphatic heterocycles. The number of esters is 1. The Kier molecular flexibility index (Phi) is 5.50. The van der Waals surface area contributed by atoms with E-state index in [1.807, 2.05) is 18.2 Å². The summed E-state index contributed by atoms with van der Waals surface area (Å²) < 4.78 is 5.00. The quantitative estimate of drug-likeness (QED) is 0.472. The lowest BCUT2D eigenvalue weighted by atomic mass is 9.72. The van der Waals surface area contributed by atoms with Crippen LogP contribution in [0.4, 0.5) is 0 Å². The summed E-state index contributed by atoms with van der Waals surface area (Å²) in [5, 5.41) is 9.64. The van der Waals surface area contributed by atoms with Crippen molar-refractivity contribution in [3.63, 3.8) is 0 Å². The van der Waals surface area contributed by atoms with E-state index in [2.05, 4.69) is 6.58 Å². The summed E-state index contributed by atoms with van der Waals surface area (Å²) >= 11 is 0. The standard InChI is InChI=1S/C16H20O4/c1-4-12(3)16(14(17)18,15(19)20-5-2)11-13-9-7-6-8-10-13/h4,6-10,12H,1,5,11H2,2-3H3,(H,17,18). The van der Waals surface area contributed by atoms with Crippen LogP contribution in [-0.2, 0) is 20.7 Å². The van der Waals surface area contributed by atoms with Crippen molar-refractivity contribution in [3.05, 3.63) is 48.6 Å². The Hall–Kier alpha value is -2.10. The largest absolute Gasteiger partial charge is 0.480 e. The molecular formula is C16H20O4. The Bertz CT molecular complexity index is 481. The Morgan fingerprint density at radius 2 is 2.00 bits per heavy atom. The molecule has 0 aromatic heterocycles. The lowest BCUT2D eigenvalue weighted by Gasteiger charge is -2.31. The predicted octanol–water partition coefficient (Wildman–Crippen LogP) is 2.69. The zero-order valence-electron chi connectivity index (χ0n) is 11.8. The highest BCUT2D eigenvalue weighted by Gasteiger charge is 2.51. The number of hydrogen-bond acceptors (Lipinski definition) is 3. The number of aliphatic carboxylic acids is 1. The summed E-state index contributed by atoms with van der Waals surface area (Å²) in [7, 11) is 0. The summed E-state index contributed by atoms with van der Waals surface area (Å²) in [6, 6.07) is 9.06. The summed E-state index contributed by atoms with van der Waals surface area (Å²) in [4.78, 5) is 24.1. The Morgan fingerprint density at radius 3 is 2.45 bits per heavy atom. The molecule has 0 aliphatic carbocycles. The van der Waals surface area contributed by atoms with Gasteiger partial charge in [-0.1, -0.05) is 43.3 Å². The summed E-state index contributed by atoms with van der Waals surface area (Å²) in [6.07, 6.45) is 1.56. The van der Waals surface area contributed by atoms with Crippen LogP contribution in [0.25, 0.3) is 0 Å². The highest BCUT2D eigenvalue weighted by molar-refractivity contribution is 6.00. The molecule has 0 amide bonds. The highest BCUT2D eigenvalue weighted by atomic mass is 16.5. The summed E-state index contributed by atoms with van der Waals surface area (Å²) in [6.45, 7) is 7.09. The van der Waals surface area contributed by atoms with Crippen LogP contribution < -0.4 is 0 Å². The normalized spacial score (nSPS) is 14.9. The van der Waals surface area contributed by atoms with Crippen molar-refractivity contribution < 1.29 is 19.4 Å². The Labute approximate surface area is 119 Å². The number of benzene rings is 1. The van der Waals surface area contributed by atoms with Crippen LogP contribution in [0.15, 0.2) is 43.0 Å². The van der Waals surface area contributed by atoms with Gasteiger partial charge in [-0.05, 0) is 18.9 Å². The molecule has 1 aromatic carbocycles. The molecule has 0 heterocycles. The van der Waals surface area contributed by atoms with Crippen molar-refractivity contribution in [2.75, 3.05) is 6.61 Å². The molecule has 0 radical (unpaired) electrons. The lowest BCUT2D eigenvalue weighted by molar-refractivity contribution is -0.171. The average molecular weight is 276 g/mol. The second-order valence-electron chi connectivity index (χ2n) is 4.68. The molecule has 2 unspecified atom stereocenters. The molecule has 1 rings (SSSR count). The SMILES string of the molecule is C=CC(C)C(Cc1ccccc1)(C(=O)O)C(=O)OCC. The van der Waals surface area contributed by atoms with Gasteiger partial charge in [0.2, 0.25) is 0 Å². The third-order valence-electron chi connectivity index (χ3n) is 3.48. The van der Waals surface area contributed by atoms with Crippen LogP contribution in [-0.4, -0.2) is 23.7 Å². The maximum Gasteiger partial charge on any atom is 0.324 e. The van der Waals surface area contributed by atoms with Crippen LogP contribution in [0.3, 0.4) is 0 Å². The Morgan fingerprint density at radius 1 is 1.40 bits per heavy atom. The first-order valence-electron chi connectivity index (χ1n) is 6.56. The molecule has 1 N–H and O–H groups in total. The minimum atomic E-state index is -1.64. The monoisotopic (exact) mass is 276 g/mol. The zero-order chi connectivity index (χ0) is 15.2. The van der Waals surface area contributed by atoms with E-state index in [1.165, 1.54) is 6.08 Å². The van der Waals surface area contributed by atoms with E-state index >= 15 is 0 Å². The van der Waals surface area contributed by atoms with Crippen molar-refractivity contribution in [2.45, 2.75) is 20.3 Å². The maximum absolute atomic E-state index is 12.3.